The van der Waals surface area contributed by atoms with Crippen molar-refractivity contribution in [3.05, 3.63) is 131 Å². The molecular formula is C28H27N3. The highest BCUT2D eigenvalue weighted by Crippen LogP contribution is 2.40. The molecule has 0 aliphatic heterocycles. The monoisotopic (exact) mass is 405 g/mol. The van der Waals surface area contributed by atoms with E-state index in [0.29, 0.717) is 12.1 Å². The van der Waals surface area contributed by atoms with Gasteiger partial charge in [-0.1, -0.05) is 97.9 Å². The minimum atomic E-state index is -0.625. The highest BCUT2D eigenvalue weighted by molar-refractivity contribution is 6.02. The first-order valence-corrected chi connectivity index (χ1v) is 10.6. The molecule has 1 aromatic heterocycles. The van der Waals surface area contributed by atoms with Gasteiger partial charge in [-0.25, -0.2) is 0 Å². The maximum Gasteiger partial charge on any atom is 0.114 e. The number of nitrogens with one attached hydrogen (secondary N) is 2. The summed E-state index contributed by atoms with van der Waals surface area (Å²) in [7, 11) is 0. The average Bonchev–Trinajstić information content (AvgIpc) is 2.84. The number of aryl methyl sites for hydroxylation is 1. The summed E-state index contributed by atoms with van der Waals surface area (Å²) in [6, 6.07) is 33.6. The number of hydrogen-bond acceptors (Lipinski definition) is 3. The maximum absolute atomic E-state index is 8.53. The van der Waals surface area contributed by atoms with Gasteiger partial charge in [0.25, 0.3) is 0 Å². The second-order valence-corrected chi connectivity index (χ2v) is 7.68. The summed E-state index contributed by atoms with van der Waals surface area (Å²) in [4.78, 5) is 4.48. The molecule has 0 amide bonds. The molecule has 0 atom stereocenters. The quantitative estimate of drug-likeness (QED) is 0.270. The molecule has 3 heteroatoms. The fraction of sp³-hybridized carbons (Fsp3) is 0.143. The molecule has 0 bridgehead atoms. The number of rotatable bonds is 7. The van der Waals surface area contributed by atoms with E-state index in [1.54, 1.807) is 0 Å². The van der Waals surface area contributed by atoms with E-state index in [0.717, 1.165) is 33.6 Å². The molecule has 31 heavy (non-hydrogen) atoms. The summed E-state index contributed by atoms with van der Waals surface area (Å²) in [5, 5.41) is 12.4. The van der Waals surface area contributed by atoms with Gasteiger partial charge >= 0.3 is 0 Å². The fourth-order valence-corrected chi connectivity index (χ4v) is 4.08. The molecule has 4 aromatic rings. The third-order valence-electron chi connectivity index (χ3n) is 5.66. The second-order valence-electron chi connectivity index (χ2n) is 7.68. The first-order chi connectivity index (χ1) is 15.1. The Morgan fingerprint density at radius 2 is 1.26 bits per heavy atom. The SMILES string of the molecule is CCC(=N)c1cnc(C)cc1NC(c1ccccc1)(c1ccccc1)c1ccccc1. The predicted octanol–water partition coefficient (Wildman–Crippen LogP) is 6.57. The van der Waals surface area contributed by atoms with Crippen LogP contribution in [0, 0.1) is 12.3 Å². The van der Waals surface area contributed by atoms with Gasteiger partial charge in [0.1, 0.15) is 5.54 Å². The smallest absolute Gasteiger partial charge is 0.114 e. The Morgan fingerprint density at radius 1 is 0.806 bits per heavy atom. The van der Waals surface area contributed by atoms with Gasteiger partial charge in [-0.15, -0.1) is 0 Å². The summed E-state index contributed by atoms with van der Waals surface area (Å²) < 4.78 is 0. The van der Waals surface area contributed by atoms with E-state index in [4.69, 9.17) is 5.41 Å². The van der Waals surface area contributed by atoms with E-state index in [1.165, 1.54) is 0 Å². The minimum absolute atomic E-state index is 0.568. The lowest BCUT2D eigenvalue weighted by molar-refractivity contribution is 0.711. The number of anilines is 1. The zero-order valence-corrected chi connectivity index (χ0v) is 18.0. The maximum atomic E-state index is 8.53. The normalized spacial score (nSPS) is 11.2. The molecule has 0 saturated carbocycles. The highest BCUT2D eigenvalue weighted by Gasteiger charge is 2.37. The van der Waals surface area contributed by atoms with Gasteiger partial charge in [-0.05, 0) is 36.1 Å². The van der Waals surface area contributed by atoms with E-state index >= 15 is 0 Å². The molecule has 154 valence electrons. The highest BCUT2D eigenvalue weighted by atomic mass is 15.0. The van der Waals surface area contributed by atoms with Crippen LogP contribution in [0.2, 0.25) is 0 Å². The predicted molar refractivity (Wildman–Crippen MR) is 129 cm³/mol. The van der Waals surface area contributed by atoms with Crippen LogP contribution in [-0.4, -0.2) is 10.7 Å². The Kier molecular flexibility index (Phi) is 5.94. The molecule has 3 nitrogen and oxygen atoms in total. The van der Waals surface area contributed by atoms with Crippen LogP contribution in [0.1, 0.15) is 41.3 Å². The Bertz CT molecular complexity index is 1060. The molecule has 0 radical (unpaired) electrons. The second kappa shape index (κ2) is 8.97. The van der Waals surface area contributed by atoms with Crippen LogP contribution < -0.4 is 5.32 Å². The van der Waals surface area contributed by atoms with Gasteiger partial charge in [-0.3, -0.25) is 4.98 Å². The summed E-state index contributed by atoms with van der Waals surface area (Å²) in [6.07, 6.45) is 2.46. The number of benzene rings is 3. The molecule has 1 heterocycles. The average molecular weight is 406 g/mol. The van der Waals surface area contributed by atoms with Crippen molar-refractivity contribution in [1.82, 2.24) is 4.98 Å². The molecule has 3 aromatic carbocycles. The van der Waals surface area contributed by atoms with Gasteiger partial charge in [0.2, 0.25) is 0 Å². The summed E-state index contributed by atoms with van der Waals surface area (Å²) >= 11 is 0. The lowest BCUT2D eigenvalue weighted by atomic mass is 9.76. The molecule has 2 N–H and O–H groups in total. The van der Waals surface area contributed by atoms with Crippen molar-refractivity contribution in [2.45, 2.75) is 25.8 Å². The van der Waals surface area contributed by atoms with Crippen molar-refractivity contribution in [1.29, 1.82) is 5.41 Å². The van der Waals surface area contributed by atoms with E-state index in [9.17, 15) is 0 Å². The largest absolute Gasteiger partial charge is 0.367 e. The van der Waals surface area contributed by atoms with Crippen molar-refractivity contribution in [3.8, 4) is 0 Å². The van der Waals surface area contributed by atoms with Gasteiger partial charge in [0.15, 0.2) is 0 Å². The first-order valence-electron chi connectivity index (χ1n) is 10.6. The molecule has 0 aliphatic rings. The number of aromatic nitrogens is 1. The zero-order valence-electron chi connectivity index (χ0n) is 18.0. The van der Waals surface area contributed by atoms with Gasteiger partial charge in [-0.2, -0.15) is 0 Å². The molecule has 0 unspecified atom stereocenters. The van der Waals surface area contributed by atoms with E-state index < -0.39 is 5.54 Å². The summed E-state index contributed by atoms with van der Waals surface area (Å²) in [5.74, 6) is 0. The van der Waals surface area contributed by atoms with E-state index in [2.05, 4.69) is 83.1 Å². The number of nitrogens with zero attached hydrogens (tertiary/aromatic N) is 1. The molecule has 0 aliphatic carbocycles. The molecule has 0 saturated heterocycles. The van der Waals surface area contributed by atoms with Crippen molar-refractivity contribution in [2.24, 2.45) is 0 Å². The number of hydrogen-bond donors (Lipinski definition) is 2. The van der Waals surface area contributed by atoms with Crippen LogP contribution in [0.5, 0.6) is 0 Å². The van der Waals surface area contributed by atoms with Crippen LogP contribution in [0.3, 0.4) is 0 Å². The third-order valence-corrected chi connectivity index (χ3v) is 5.66. The van der Waals surface area contributed by atoms with Crippen molar-refractivity contribution in [2.75, 3.05) is 5.32 Å². The van der Waals surface area contributed by atoms with Crippen LogP contribution in [-0.2, 0) is 5.54 Å². The molecule has 0 spiro atoms. The Hall–Kier alpha value is -3.72. The Labute approximate surface area is 184 Å². The minimum Gasteiger partial charge on any atom is -0.367 e. The summed E-state index contributed by atoms with van der Waals surface area (Å²) in [5.41, 5.74) is 6.01. The first kappa shape index (κ1) is 20.5. The third kappa shape index (κ3) is 3.99. The Morgan fingerprint density at radius 3 is 1.68 bits per heavy atom. The molecule has 0 fully saturated rings. The fourth-order valence-electron chi connectivity index (χ4n) is 4.08. The lowest BCUT2D eigenvalue weighted by Crippen LogP contribution is -2.38. The van der Waals surface area contributed by atoms with Crippen molar-refractivity contribution < 1.29 is 0 Å². The molecule has 4 rings (SSSR count). The Balaban J connectivity index is 2.03. The van der Waals surface area contributed by atoms with Crippen molar-refractivity contribution >= 4 is 11.4 Å². The lowest BCUT2D eigenvalue weighted by Gasteiger charge is -2.38. The van der Waals surface area contributed by atoms with Gasteiger partial charge < -0.3 is 10.7 Å². The van der Waals surface area contributed by atoms with E-state index in [-0.39, 0.29) is 0 Å². The topological polar surface area (TPSA) is 48.8 Å². The standard InChI is InChI=1S/C28H27N3/c1-3-26(29)25-20-30-21(2)19-27(25)31-28(22-13-7-4-8-14-22,23-15-9-5-10-16-23)24-17-11-6-12-18-24/h4-20,29H,3H2,1-2H3,(H,30,31). The number of pyridine rings is 1. The summed E-state index contributed by atoms with van der Waals surface area (Å²) in [6.45, 7) is 3.99. The molecular weight excluding hydrogens is 378 g/mol. The van der Waals surface area contributed by atoms with Gasteiger partial charge in [0, 0.05) is 28.9 Å². The van der Waals surface area contributed by atoms with E-state index in [1.807, 2.05) is 44.3 Å². The van der Waals surface area contributed by atoms with Crippen LogP contribution in [0.4, 0.5) is 5.69 Å². The van der Waals surface area contributed by atoms with Crippen LogP contribution in [0.15, 0.2) is 103 Å². The van der Waals surface area contributed by atoms with Crippen molar-refractivity contribution in [3.63, 3.8) is 0 Å². The zero-order chi connectivity index (χ0) is 21.7. The van der Waals surface area contributed by atoms with Crippen LogP contribution >= 0.6 is 0 Å². The van der Waals surface area contributed by atoms with Gasteiger partial charge in [0.05, 0.1) is 0 Å². The van der Waals surface area contributed by atoms with Crippen LogP contribution in [0.25, 0.3) is 0 Å².